The molecule has 4 fully saturated rings. The Labute approximate surface area is 313 Å². The fourth-order valence-electron chi connectivity index (χ4n) is 8.44. The maximum absolute atomic E-state index is 11.9. The molecule has 2 amide bonds. The minimum absolute atomic E-state index is 0.156. The molecular formula is C40H42Cl2N6O4. The number of ether oxygens (including phenoxy) is 2. The molecule has 4 atom stereocenters. The number of pyridine rings is 2. The van der Waals surface area contributed by atoms with Gasteiger partial charge in [0.1, 0.15) is 0 Å². The quantitative estimate of drug-likeness (QED) is 0.208. The summed E-state index contributed by atoms with van der Waals surface area (Å²) < 4.78 is 11.5. The van der Waals surface area contributed by atoms with Gasteiger partial charge >= 0.3 is 0 Å². The van der Waals surface area contributed by atoms with Crippen molar-refractivity contribution in [3.63, 3.8) is 0 Å². The Morgan fingerprint density at radius 2 is 1.08 bits per heavy atom. The highest BCUT2D eigenvalue weighted by Crippen LogP contribution is 2.43. The summed E-state index contributed by atoms with van der Waals surface area (Å²) in [6.07, 6.45) is 3.27. The van der Waals surface area contributed by atoms with Gasteiger partial charge in [-0.05, 0) is 49.9 Å². The van der Waals surface area contributed by atoms with E-state index in [0.717, 1.165) is 72.4 Å². The third-order valence-corrected chi connectivity index (χ3v) is 12.0. The predicted octanol–water partition coefficient (Wildman–Crippen LogP) is 6.22. The number of fused-ring (bicyclic) bond motifs is 2. The van der Waals surface area contributed by atoms with Crippen LogP contribution in [0.5, 0.6) is 11.8 Å². The van der Waals surface area contributed by atoms with E-state index in [4.69, 9.17) is 42.6 Å². The highest BCUT2D eigenvalue weighted by atomic mass is 35.5. The van der Waals surface area contributed by atoms with E-state index in [0.29, 0.717) is 71.0 Å². The van der Waals surface area contributed by atoms with E-state index >= 15 is 0 Å². The fraction of sp³-hybridized carbons (Fsp3) is 0.400. The molecule has 0 bridgehead atoms. The highest BCUT2D eigenvalue weighted by Gasteiger charge is 2.38. The topological polar surface area (TPSA) is 109 Å². The second-order valence-electron chi connectivity index (χ2n) is 14.4. The van der Waals surface area contributed by atoms with Crippen molar-refractivity contribution in [2.24, 2.45) is 11.8 Å². The van der Waals surface area contributed by atoms with E-state index in [1.807, 2.05) is 60.7 Å². The molecule has 2 aromatic carbocycles. The number of carbonyl (C=O) groups excluding carboxylic acids is 2. The van der Waals surface area contributed by atoms with Crippen molar-refractivity contribution in [1.82, 2.24) is 30.4 Å². The largest absolute Gasteiger partial charge is 0.481 e. The van der Waals surface area contributed by atoms with Crippen molar-refractivity contribution in [2.45, 2.75) is 50.9 Å². The van der Waals surface area contributed by atoms with Gasteiger partial charge in [0.25, 0.3) is 0 Å². The number of hydrogen-bond acceptors (Lipinski definition) is 8. The van der Waals surface area contributed by atoms with Crippen LogP contribution in [0.1, 0.15) is 36.8 Å². The molecule has 52 heavy (non-hydrogen) atoms. The zero-order chi connectivity index (χ0) is 35.9. The third kappa shape index (κ3) is 6.85. The number of halogens is 2. The maximum atomic E-state index is 11.9. The van der Waals surface area contributed by atoms with Crippen LogP contribution in [-0.2, 0) is 22.7 Å². The van der Waals surface area contributed by atoms with Crippen LogP contribution >= 0.6 is 23.2 Å². The highest BCUT2D eigenvalue weighted by molar-refractivity contribution is 6.39. The van der Waals surface area contributed by atoms with Crippen molar-refractivity contribution in [3.05, 3.63) is 81.8 Å². The number of likely N-dealkylation sites (tertiary alicyclic amines) is 2. The van der Waals surface area contributed by atoms with E-state index in [2.05, 4.69) is 20.4 Å². The number of benzene rings is 2. The van der Waals surface area contributed by atoms with Gasteiger partial charge in [0, 0.05) is 84.5 Å². The van der Waals surface area contributed by atoms with Crippen molar-refractivity contribution in [1.29, 1.82) is 0 Å². The number of piperidine rings is 2. The molecule has 4 aliphatic heterocycles. The Balaban J connectivity index is 1.02. The molecule has 12 heteroatoms. The molecule has 6 heterocycles. The number of nitrogens with zero attached hydrogens (tertiary/aromatic N) is 4. The van der Waals surface area contributed by atoms with Gasteiger partial charge < -0.3 is 20.1 Å². The molecule has 0 saturated carbocycles. The summed E-state index contributed by atoms with van der Waals surface area (Å²) in [5.74, 6) is 2.27. The molecule has 4 aliphatic rings. The van der Waals surface area contributed by atoms with Gasteiger partial charge in [-0.1, -0.05) is 71.7 Å². The Bertz CT molecular complexity index is 1880. The van der Waals surface area contributed by atoms with E-state index in [9.17, 15) is 9.59 Å². The standard InChI is InChI=1S/C40H42Cl2N6O4/c1-51-39-25(19-47-15-13-23-17-35(49)43-33(23)21-47)9-11-31(45-39)29-7-3-5-27(37(29)41)28-6-4-8-30(38(28)42)32-12-10-26(40(46-32)52-2)20-48-16-14-24-18-36(50)44-34(24)22-48/h3-12,23-24,33-34H,13-22H2,1-2H3,(H,43,49)(H,44,50)/t23-,24?,33-,34+/m0/s1. The first-order chi connectivity index (χ1) is 25.3. The lowest BCUT2D eigenvalue weighted by atomic mass is 9.92. The summed E-state index contributed by atoms with van der Waals surface area (Å²) in [5.41, 5.74) is 6.46. The molecule has 4 saturated heterocycles. The Hall–Kier alpha value is -4.22. The average molecular weight is 742 g/mol. The lowest BCUT2D eigenvalue weighted by Crippen LogP contribution is -2.46. The second-order valence-corrected chi connectivity index (χ2v) is 15.1. The van der Waals surface area contributed by atoms with Gasteiger partial charge in [-0.3, -0.25) is 19.4 Å². The SMILES string of the molecule is COc1nc(-c2cccc(-c3cccc(-c4ccc(CN5CCC6CC(=O)N[C@@H]6C5)c(OC)n4)c3Cl)c2Cl)ccc1CN1CC[C@H]2CC(=O)N[C@H]2C1. The lowest BCUT2D eigenvalue weighted by Gasteiger charge is -2.34. The lowest BCUT2D eigenvalue weighted by molar-refractivity contribution is -0.120. The first-order valence-corrected chi connectivity index (χ1v) is 18.7. The number of rotatable bonds is 9. The molecule has 1 unspecified atom stereocenters. The number of carbonyl (C=O) groups is 2. The van der Waals surface area contributed by atoms with Crippen LogP contribution in [0.15, 0.2) is 60.7 Å². The molecule has 0 radical (unpaired) electrons. The maximum Gasteiger partial charge on any atom is 0.220 e. The molecule has 0 aliphatic carbocycles. The van der Waals surface area contributed by atoms with Gasteiger partial charge in [0.15, 0.2) is 0 Å². The average Bonchev–Trinajstić information content (AvgIpc) is 3.72. The summed E-state index contributed by atoms with van der Waals surface area (Å²) in [5, 5.41) is 7.32. The van der Waals surface area contributed by atoms with Gasteiger partial charge in [0.2, 0.25) is 23.6 Å². The Morgan fingerprint density at radius 1 is 0.654 bits per heavy atom. The van der Waals surface area contributed by atoms with Crippen molar-refractivity contribution in [3.8, 4) is 45.4 Å². The minimum atomic E-state index is 0.156. The van der Waals surface area contributed by atoms with Crippen LogP contribution in [0, 0.1) is 11.8 Å². The van der Waals surface area contributed by atoms with Gasteiger partial charge in [0.05, 0.1) is 35.7 Å². The predicted molar refractivity (Wildman–Crippen MR) is 201 cm³/mol. The van der Waals surface area contributed by atoms with Crippen LogP contribution < -0.4 is 20.1 Å². The number of aromatic nitrogens is 2. The van der Waals surface area contributed by atoms with Crippen LogP contribution in [0.3, 0.4) is 0 Å². The molecule has 2 aromatic heterocycles. The van der Waals surface area contributed by atoms with E-state index in [1.54, 1.807) is 14.2 Å². The summed E-state index contributed by atoms with van der Waals surface area (Å²) >= 11 is 14.3. The summed E-state index contributed by atoms with van der Waals surface area (Å²) in [7, 11) is 3.27. The van der Waals surface area contributed by atoms with Crippen molar-refractivity contribution >= 4 is 35.0 Å². The Morgan fingerprint density at radius 3 is 1.50 bits per heavy atom. The second kappa shape index (κ2) is 14.7. The zero-order valence-electron chi connectivity index (χ0n) is 29.3. The summed E-state index contributed by atoms with van der Waals surface area (Å²) in [4.78, 5) is 38.3. The normalized spacial score (nSPS) is 23.2. The molecule has 4 aromatic rings. The number of methoxy groups -OCH3 is 2. The van der Waals surface area contributed by atoms with Crippen LogP contribution in [0.25, 0.3) is 33.6 Å². The van der Waals surface area contributed by atoms with Crippen molar-refractivity contribution < 1.29 is 19.1 Å². The van der Waals surface area contributed by atoms with E-state index in [-0.39, 0.29) is 23.9 Å². The molecule has 270 valence electrons. The monoisotopic (exact) mass is 740 g/mol. The van der Waals surface area contributed by atoms with E-state index in [1.165, 1.54) is 0 Å². The van der Waals surface area contributed by atoms with Crippen molar-refractivity contribution in [2.75, 3.05) is 40.4 Å². The van der Waals surface area contributed by atoms with Gasteiger partial charge in [-0.2, -0.15) is 0 Å². The first-order valence-electron chi connectivity index (χ1n) is 18.0. The van der Waals surface area contributed by atoms with Gasteiger partial charge in [-0.25, -0.2) is 9.97 Å². The van der Waals surface area contributed by atoms with Crippen LogP contribution in [0.4, 0.5) is 0 Å². The smallest absolute Gasteiger partial charge is 0.220 e. The third-order valence-electron chi connectivity index (χ3n) is 11.2. The molecule has 8 rings (SSSR count). The summed E-state index contributed by atoms with van der Waals surface area (Å²) in [6, 6.07) is 20.2. The first kappa shape index (κ1) is 34.8. The van der Waals surface area contributed by atoms with Crippen LogP contribution in [0.2, 0.25) is 10.0 Å². The molecule has 2 N–H and O–H groups in total. The summed E-state index contributed by atoms with van der Waals surface area (Å²) in [6.45, 7) is 4.88. The fourth-order valence-corrected chi connectivity index (χ4v) is 9.09. The molecular weight excluding hydrogens is 699 g/mol. The van der Waals surface area contributed by atoms with E-state index < -0.39 is 0 Å². The minimum Gasteiger partial charge on any atom is -0.481 e. The number of nitrogens with one attached hydrogen (secondary N) is 2. The van der Waals surface area contributed by atoms with Crippen LogP contribution in [-0.4, -0.2) is 84.1 Å². The molecule has 10 nitrogen and oxygen atoms in total. The Kier molecular flexibility index (Phi) is 9.82. The zero-order valence-corrected chi connectivity index (χ0v) is 30.8. The molecule has 0 spiro atoms. The number of amides is 2. The van der Waals surface area contributed by atoms with Gasteiger partial charge in [-0.15, -0.1) is 0 Å². The number of hydrogen-bond donors (Lipinski definition) is 2.